The van der Waals surface area contributed by atoms with Crippen molar-refractivity contribution in [1.29, 1.82) is 0 Å². The van der Waals surface area contributed by atoms with E-state index in [1.807, 2.05) is 38.1 Å². The van der Waals surface area contributed by atoms with Gasteiger partial charge in [-0.1, -0.05) is 35.8 Å². The highest BCUT2D eigenvalue weighted by atomic mass is 79.9. The molecule has 2 rings (SSSR count). The molecule has 5 nitrogen and oxygen atoms in total. The summed E-state index contributed by atoms with van der Waals surface area (Å²) in [6, 6.07) is 6.66. The second-order valence-corrected chi connectivity index (χ2v) is 5.88. The molecule has 1 unspecified atom stereocenters. The Labute approximate surface area is 126 Å². The Balaban J connectivity index is 1.88. The van der Waals surface area contributed by atoms with Gasteiger partial charge in [0.15, 0.2) is 0 Å². The van der Waals surface area contributed by atoms with Crippen LogP contribution in [0, 0.1) is 5.92 Å². The Morgan fingerprint density at radius 2 is 2.15 bits per heavy atom. The average Bonchev–Trinajstić information content (AvgIpc) is 2.67. The van der Waals surface area contributed by atoms with Crippen LogP contribution in [-0.4, -0.2) is 36.0 Å². The van der Waals surface area contributed by atoms with Crippen LogP contribution in [0.3, 0.4) is 0 Å². The smallest absolute Gasteiger partial charge is 0.324 e. The van der Waals surface area contributed by atoms with Crippen molar-refractivity contribution < 1.29 is 14.3 Å². The van der Waals surface area contributed by atoms with Gasteiger partial charge < -0.3 is 10.1 Å². The molecule has 1 N–H and O–H groups in total. The SMILES string of the molecule is CC(C)C1NC(=O)N(CCOc2cccc(Br)c2)C1=O. The van der Waals surface area contributed by atoms with Crippen LogP contribution < -0.4 is 10.1 Å². The molecule has 0 bridgehead atoms. The number of carbonyl (C=O) groups excluding carboxylic acids is 2. The third-order valence-corrected chi connectivity index (χ3v) is 3.60. The Morgan fingerprint density at radius 1 is 1.40 bits per heavy atom. The summed E-state index contributed by atoms with van der Waals surface area (Å²) < 4.78 is 6.46. The van der Waals surface area contributed by atoms with Crippen LogP contribution >= 0.6 is 15.9 Å². The van der Waals surface area contributed by atoms with E-state index in [-0.39, 0.29) is 31.0 Å². The summed E-state index contributed by atoms with van der Waals surface area (Å²) in [5, 5.41) is 2.69. The number of rotatable bonds is 5. The Bertz CT molecular complexity index is 519. The third-order valence-electron chi connectivity index (χ3n) is 3.10. The van der Waals surface area contributed by atoms with E-state index in [0.717, 1.165) is 4.47 Å². The zero-order chi connectivity index (χ0) is 14.7. The fourth-order valence-corrected chi connectivity index (χ4v) is 2.39. The number of halogens is 1. The van der Waals surface area contributed by atoms with E-state index in [4.69, 9.17) is 4.74 Å². The van der Waals surface area contributed by atoms with Gasteiger partial charge in [0.1, 0.15) is 18.4 Å². The summed E-state index contributed by atoms with van der Waals surface area (Å²) in [6.07, 6.45) is 0. The predicted molar refractivity (Wildman–Crippen MR) is 78.5 cm³/mol. The molecule has 0 saturated carbocycles. The maximum absolute atomic E-state index is 12.0. The molecule has 1 aromatic rings. The van der Waals surface area contributed by atoms with Crippen molar-refractivity contribution in [2.24, 2.45) is 5.92 Å². The maximum Gasteiger partial charge on any atom is 0.324 e. The third kappa shape index (κ3) is 3.30. The molecule has 1 saturated heterocycles. The molecule has 0 aliphatic carbocycles. The quantitative estimate of drug-likeness (QED) is 0.837. The first kappa shape index (κ1) is 14.8. The van der Waals surface area contributed by atoms with Gasteiger partial charge in [-0.2, -0.15) is 0 Å². The molecule has 108 valence electrons. The molecule has 1 fully saturated rings. The van der Waals surface area contributed by atoms with E-state index in [0.29, 0.717) is 5.75 Å². The summed E-state index contributed by atoms with van der Waals surface area (Å²) in [4.78, 5) is 25.0. The van der Waals surface area contributed by atoms with Gasteiger partial charge in [0, 0.05) is 4.47 Å². The maximum atomic E-state index is 12.0. The number of hydrogen-bond acceptors (Lipinski definition) is 3. The highest BCUT2D eigenvalue weighted by Gasteiger charge is 2.39. The van der Waals surface area contributed by atoms with Crippen molar-refractivity contribution in [1.82, 2.24) is 10.2 Å². The van der Waals surface area contributed by atoms with Crippen LogP contribution in [0.1, 0.15) is 13.8 Å². The first-order valence-electron chi connectivity index (χ1n) is 6.49. The number of nitrogens with zero attached hydrogens (tertiary/aromatic N) is 1. The van der Waals surface area contributed by atoms with Gasteiger partial charge in [-0.05, 0) is 24.1 Å². The van der Waals surface area contributed by atoms with Crippen LogP contribution in [0.25, 0.3) is 0 Å². The van der Waals surface area contributed by atoms with Crippen molar-refractivity contribution in [2.45, 2.75) is 19.9 Å². The summed E-state index contributed by atoms with van der Waals surface area (Å²) >= 11 is 3.35. The van der Waals surface area contributed by atoms with Gasteiger partial charge in [0.05, 0.1) is 6.54 Å². The molecule has 1 atom stereocenters. The average molecular weight is 341 g/mol. The van der Waals surface area contributed by atoms with Gasteiger partial charge >= 0.3 is 6.03 Å². The van der Waals surface area contributed by atoms with Gasteiger partial charge in [0.2, 0.25) is 0 Å². The van der Waals surface area contributed by atoms with Crippen molar-refractivity contribution in [2.75, 3.05) is 13.2 Å². The van der Waals surface area contributed by atoms with E-state index >= 15 is 0 Å². The normalized spacial score (nSPS) is 18.6. The van der Waals surface area contributed by atoms with Crippen molar-refractivity contribution in [3.05, 3.63) is 28.7 Å². The van der Waals surface area contributed by atoms with Crippen molar-refractivity contribution in [3.63, 3.8) is 0 Å². The summed E-state index contributed by atoms with van der Waals surface area (Å²) in [5.74, 6) is 0.608. The first-order valence-corrected chi connectivity index (χ1v) is 7.28. The molecule has 1 aliphatic heterocycles. The number of benzene rings is 1. The van der Waals surface area contributed by atoms with E-state index in [1.54, 1.807) is 0 Å². The lowest BCUT2D eigenvalue weighted by Gasteiger charge is -2.15. The standard InChI is InChI=1S/C14H17BrN2O3/c1-9(2)12-13(18)17(14(19)16-12)6-7-20-11-5-3-4-10(15)8-11/h3-5,8-9,12H,6-7H2,1-2H3,(H,16,19). The molecule has 0 spiro atoms. The molecule has 3 amide bonds. The number of nitrogens with one attached hydrogen (secondary N) is 1. The number of amides is 3. The van der Waals surface area contributed by atoms with E-state index in [1.165, 1.54) is 4.90 Å². The minimum absolute atomic E-state index is 0.0856. The van der Waals surface area contributed by atoms with Crippen LogP contribution in [0.15, 0.2) is 28.7 Å². The number of urea groups is 1. The van der Waals surface area contributed by atoms with Crippen LogP contribution in [0.2, 0.25) is 0 Å². The van der Waals surface area contributed by atoms with Gasteiger partial charge in [-0.3, -0.25) is 9.69 Å². The first-order chi connectivity index (χ1) is 9.49. The summed E-state index contributed by atoms with van der Waals surface area (Å²) in [5.41, 5.74) is 0. The monoisotopic (exact) mass is 340 g/mol. The van der Waals surface area contributed by atoms with Gasteiger partial charge in [-0.25, -0.2) is 4.79 Å². The molecule has 0 aromatic heterocycles. The number of carbonyl (C=O) groups is 2. The molecule has 1 aliphatic rings. The van der Waals surface area contributed by atoms with E-state index in [9.17, 15) is 9.59 Å². The lowest BCUT2D eigenvalue weighted by Crippen LogP contribution is -2.36. The molecule has 20 heavy (non-hydrogen) atoms. The molecule has 6 heteroatoms. The second-order valence-electron chi connectivity index (χ2n) is 4.97. The second kappa shape index (κ2) is 6.26. The topological polar surface area (TPSA) is 58.6 Å². The zero-order valence-corrected chi connectivity index (χ0v) is 13.0. The van der Waals surface area contributed by atoms with Gasteiger partial charge in [0.25, 0.3) is 5.91 Å². The lowest BCUT2D eigenvalue weighted by atomic mass is 10.1. The van der Waals surface area contributed by atoms with Crippen LogP contribution in [0.4, 0.5) is 4.79 Å². The number of imide groups is 1. The Hall–Kier alpha value is -1.56. The molecule has 1 heterocycles. The Kier molecular flexibility index (Phi) is 4.65. The highest BCUT2D eigenvalue weighted by molar-refractivity contribution is 9.10. The lowest BCUT2D eigenvalue weighted by molar-refractivity contribution is -0.128. The van der Waals surface area contributed by atoms with Crippen molar-refractivity contribution >= 4 is 27.9 Å². The predicted octanol–water partition coefficient (Wildman–Crippen LogP) is 2.40. The molecule has 1 aromatic carbocycles. The highest BCUT2D eigenvalue weighted by Crippen LogP contribution is 2.18. The fourth-order valence-electron chi connectivity index (χ4n) is 2.02. The number of hydrogen-bond donors (Lipinski definition) is 1. The largest absolute Gasteiger partial charge is 0.492 e. The summed E-state index contributed by atoms with van der Waals surface area (Å²) in [7, 11) is 0. The number of ether oxygens (including phenoxy) is 1. The van der Waals surface area contributed by atoms with E-state index in [2.05, 4.69) is 21.2 Å². The van der Waals surface area contributed by atoms with Gasteiger partial charge in [-0.15, -0.1) is 0 Å². The fraction of sp³-hybridized carbons (Fsp3) is 0.429. The summed E-state index contributed by atoms with van der Waals surface area (Å²) in [6.45, 7) is 4.34. The molecular weight excluding hydrogens is 324 g/mol. The molecular formula is C14H17BrN2O3. The van der Waals surface area contributed by atoms with Crippen LogP contribution in [-0.2, 0) is 4.79 Å². The minimum Gasteiger partial charge on any atom is -0.492 e. The van der Waals surface area contributed by atoms with Crippen molar-refractivity contribution in [3.8, 4) is 5.75 Å². The van der Waals surface area contributed by atoms with Crippen LogP contribution in [0.5, 0.6) is 5.75 Å². The minimum atomic E-state index is -0.423. The zero-order valence-electron chi connectivity index (χ0n) is 11.4. The Morgan fingerprint density at radius 3 is 2.75 bits per heavy atom. The van der Waals surface area contributed by atoms with E-state index < -0.39 is 6.04 Å². The molecule has 0 radical (unpaired) electrons.